The maximum atomic E-state index is 19.2. The van der Waals surface area contributed by atoms with Crippen LogP contribution >= 0.6 is 0 Å². The molecule has 422 valence electrons. The van der Waals surface area contributed by atoms with E-state index in [1.165, 1.54) is 0 Å². The third kappa shape index (κ3) is 7.59. The number of carbonyl (C=O) groups excluding carboxylic acids is 2. The Morgan fingerprint density at radius 3 is 1.55 bits per heavy atom. The molecule has 4 bridgehead atoms. The van der Waals surface area contributed by atoms with E-state index in [0.717, 1.165) is 106 Å². The van der Waals surface area contributed by atoms with Gasteiger partial charge in [-0.2, -0.15) is 26.3 Å². The highest BCUT2D eigenvalue weighted by atomic mass is 19.4. The lowest BCUT2D eigenvalue weighted by Crippen LogP contribution is -2.45. The quantitative estimate of drug-likeness (QED) is 0.127. The lowest BCUT2D eigenvalue weighted by atomic mass is 9.54. The Balaban J connectivity index is 0.00000156. The third-order valence-electron chi connectivity index (χ3n) is 21.7. The fourth-order valence-electron chi connectivity index (χ4n) is 17.8. The van der Waals surface area contributed by atoms with Crippen LogP contribution < -0.4 is 0 Å². The summed E-state index contributed by atoms with van der Waals surface area (Å²) in [4.78, 5) is 30.6. The highest BCUT2D eigenvalue weighted by molar-refractivity contribution is 6.21. The predicted octanol–water partition coefficient (Wildman–Crippen LogP) is 19.8. The van der Waals surface area contributed by atoms with Gasteiger partial charge in [0.2, 0.25) is 0 Å². The van der Waals surface area contributed by atoms with E-state index in [2.05, 4.69) is 31.9 Å². The summed E-state index contributed by atoms with van der Waals surface area (Å²) in [6, 6.07) is 15.1. The summed E-state index contributed by atoms with van der Waals surface area (Å²) in [5.41, 5.74) is 2.80. The summed E-state index contributed by atoms with van der Waals surface area (Å²) in [5, 5.41) is 3.22. The second-order valence-corrected chi connectivity index (χ2v) is 27.0. The van der Waals surface area contributed by atoms with Crippen molar-refractivity contribution in [3.05, 3.63) is 98.7 Å². The van der Waals surface area contributed by atoms with Crippen LogP contribution in [0.5, 0.6) is 0 Å². The second-order valence-electron chi connectivity index (χ2n) is 27.0. The van der Waals surface area contributed by atoms with Crippen molar-refractivity contribution >= 4 is 72.0 Å². The summed E-state index contributed by atoms with van der Waals surface area (Å²) in [6.07, 6.45) is 8.07. The molecule has 6 atom stereocenters. The lowest BCUT2D eigenvalue weighted by molar-refractivity contribution is -0.146. The Kier molecular flexibility index (Phi) is 12.3. The van der Waals surface area contributed by atoms with Gasteiger partial charge in [-0.1, -0.05) is 101 Å². The fraction of sp³-hybridized carbons (Fsp3) is 0.536. The van der Waals surface area contributed by atoms with Gasteiger partial charge < -0.3 is 8.97 Å². The van der Waals surface area contributed by atoms with Crippen LogP contribution in [0.25, 0.3) is 60.4 Å². The molecule has 0 radical (unpaired) electrons. The highest BCUT2D eigenvalue weighted by Crippen LogP contribution is 2.64. The number of ketones is 2. The van der Waals surface area contributed by atoms with Gasteiger partial charge >= 0.3 is 12.4 Å². The number of carbonyl (C=O) groups is 2. The first-order chi connectivity index (χ1) is 37.7. The molecular formula is C69H75F7N2O2. The normalized spacial score (nSPS) is 27.8. The first-order valence-electron chi connectivity index (χ1n) is 29.9. The van der Waals surface area contributed by atoms with Crippen LogP contribution in [0.4, 0.5) is 30.7 Å². The van der Waals surface area contributed by atoms with Crippen molar-refractivity contribution in [1.82, 2.24) is 8.97 Å². The van der Waals surface area contributed by atoms with Crippen LogP contribution in [0.3, 0.4) is 0 Å². The topological polar surface area (TPSA) is 43.5 Å². The van der Waals surface area contributed by atoms with E-state index in [1.807, 2.05) is 50.5 Å². The van der Waals surface area contributed by atoms with Crippen molar-refractivity contribution in [3.8, 4) is 12.3 Å². The molecule has 4 nitrogen and oxygen atoms in total. The van der Waals surface area contributed by atoms with E-state index in [9.17, 15) is 26.3 Å². The fourth-order valence-corrected chi connectivity index (χ4v) is 17.8. The molecule has 0 saturated heterocycles. The Morgan fingerprint density at radius 2 is 1.05 bits per heavy atom. The molecule has 8 aliphatic carbocycles. The SMILES string of the molecule is C#Cc1c(/C(F)=C2\Cn3c4cc5c(cc4c4cc(C(C)(C)CC(F)(F)F)cc2c43)C2(C)CCC3(CCCCC3C2)C5=O)n2c3cc4c(cc3c3cc(C(C)(C)CC(F)(F)F)cc1c32)C1(C)CCC2(CCCCC2C1)C4=O.CC.CC. The maximum absolute atomic E-state index is 19.2. The van der Waals surface area contributed by atoms with Crippen molar-refractivity contribution in [2.24, 2.45) is 22.7 Å². The third-order valence-corrected chi connectivity index (χ3v) is 21.7. The second kappa shape index (κ2) is 17.9. The Bertz CT molecular complexity index is 3870. The van der Waals surface area contributed by atoms with Crippen molar-refractivity contribution in [1.29, 1.82) is 0 Å². The predicted molar refractivity (Wildman–Crippen MR) is 309 cm³/mol. The van der Waals surface area contributed by atoms with Crippen LogP contribution in [-0.4, -0.2) is 32.9 Å². The number of halogens is 7. The number of aromatic nitrogens is 2. The maximum Gasteiger partial charge on any atom is 0.389 e. The molecule has 3 aromatic heterocycles. The van der Waals surface area contributed by atoms with E-state index in [0.29, 0.717) is 71.4 Å². The molecule has 16 rings (SSSR count). The minimum Gasteiger partial charge on any atom is -0.335 e. The van der Waals surface area contributed by atoms with Gasteiger partial charge in [-0.3, -0.25) is 9.59 Å². The van der Waals surface area contributed by atoms with Crippen molar-refractivity contribution in [3.63, 3.8) is 0 Å². The van der Waals surface area contributed by atoms with Crippen LogP contribution in [-0.2, 0) is 28.2 Å². The average Bonchev–Trinajstić information content (AvgIpc) is 4.29. The monoisotopic (exact) mass is 1100 g/mol. The van der Waals surface area contributed by atoms with Gasteiger partial charge in [-0.15, -0.1) is 6.42 Å². The van der Waals surface area contributed by atoms with Crippen molar-refractivity contribution in [2.75, 3.05) is 0 Å². The number of alkyl halides is 6. The van der Waals surface area contributed by atoms with E-state index < -0.39 is 52.7 Å². The summed E-state index contributed by atoms with van der Waals surface area (Å²) in [7, 11) is 0. The molecule has 2 spiro atoms. The zero-order valence-electron chi connectivity index (χ0n) is 48.2. The first-order valence-corrected chi connectivity index (χ1v) is 29.9. The number of allylic oxidation sites excluding steroid dienone is 1. The van der Waals surface area contributed by atoms with Gasteiger partial charge in [0, 0.05) is 60.0 Å². The molecule has 9 aliphatic rings. The molecule has 4 saturated carbocycles. The number of nitrogens with zero attached hydrogens (tertiary/aromatic N) is 2. The standard InChI is InChI=1S/C65H63F7N2O2.2C2H6/c1-8-38-41-21-36(58(2,3)32-64(67,68)69)23-43-40-26-49-46(57(76)63-16-12-10-14-35(63)30-61(49,7)18-20-63)28-51(40)74(54(41)43)55(38)52(66)47-31-73-50-27-45-48(60(6)17-19-62(56(45)75)15-11-9-13-34(62)29-60)25-39(50)42-22-37(24-44(47)53(42)73)59(4,5)33-65(70,71)72;2*1-2/h1,21-28,34-35H,9-20,29-33H2,2-7H3;2*1-2H3/b52-47-;;. The van der Waals surface area contributed by atoms with E-state index in [4.69, 9.17) is 6.42 Å². The van der Waals surface area contributed by atoms with Crippen LogP contribution in [0.15, 0.2) is 48.5 Å². The zero-order valence-corrected chi connectivity index (χ0v) is 48.2. The molecule has 0 amide bonds. The Hall–Kier alpha value is -5.63. The van der Waals surface area contributed by atoms with E-state index >= 15 is 14.0 Å². The Morgan fingerprint density at radius 1 is 0.588 bits per heavy atom. The van der Waals surface area contributed by atoms with Crippen molar-refractivity contribution in [2.45, 2.75) is 213 Å². The number of rotatable bonds is 5. The van der Waals surface area contributed by atoms with Crippen molar-refractivity contribution < 1.29 is 40.3 Å². The molecule has 11 heteroatoms. The summed E-state index contributed by atoms with van der Waals surface area (Å²) in [5.74, 6) is 2.86. The number of fused-ring (bicyclic) bond motifs is 8. The van der Waals surface area contributed by atoms with Gasteiger partial charge in [0.15, 0.2) is 17.4 Å². The number of benzene rings is 4. The summed E-state index contributed by atoms with van der Waals surface area (Å²) in [6.45, 7) is 18.7. The molecule has 1 aliphatic heterocycles. The number of terminal acetylenes is 1. The lowest BCUT2D eigenvalue weighted by Gasteiger charge is -2.49. The number of hydrogen-bond donors (Lipinski definition) is 0. The summed E-state index contributed by atoms with van der Waals surface area (Å²) < 4.78 is 110. The number of Topliss-reactive ketones (excluding diaryl/α,β-unsaturated/α-hetero) is 2. The molecule has 4 fully saturated rings. The smallest absolute Gasteiger partial charge is 0.335 e. The van der Waals surface area contributed by atoms with E-state index in [-0.39, 0.29) is 57.6 Å². The molecule has 0 N–H and O–H groups in total. The van der Waals surface area contributed by atoms with Crippen LogP contribution in [0.2, 0.25) is 0 Å². The zero-order chi connectivity index (χ0) is 57.4. The average molecular weight is 1100 g/mol. The molecule has 4 heterocycles. The highest BCUT2D eigenvalue weighted by Gasteiger charge is 2.59. The number of hydrogen-bond acceptors (Lipinski definition) is 2. The van der Waals surface area contributed by atoms with Crippen LogP contribution in [0, 0.1) is 35.0 Å². The minimum atomic E-state index is -4.51. The molecule has 6 unspecified atom stereocenters. The molecule has 4 aromatic carbocycles. The van der Waals surface area contributed by atoms with Gasteiger partial charge in [-0.05, 0) is 168 Å². The minimum absolute atomic E-state index is 0.0151. The molecule has 80 heavy (non-hydrogen) atoms. The molecule has 7 aromatic rings. The summed E-state index contributed by atoms with van der Waals surface area (Å²) >= 11 is 0. The Labute approximate surface area is 465 Å². The first kappa shape index (κ1) is 54.9. The largest absolute Gasteiger partial charge is 0.389 e. The van der Waals surface area contributed by atoms with Crippen LogP contribution in [0.1, 0.15) is 232 Å². The van der Waals surface area contributed by atoms with Gasteiger partial charge in [0.05, 0.1) is 52.7 Å². The van der Waals surface area contributed by atoms with E-state index in [1.54, 1.807) is 50.3 Å². The molecular weight excluding hydrogens is 1020 g/mol. The van der Waals surface area contributed by atoms with Gasteiger partial charge in [0.1, 0.15) is 0 Å². The van der Waals surface area contributed by atoms with Gasteiger partial charge in [0.25, 0.3) is 0 Å². The van der Waals surface area contributed by atoms with Gasteiger partial charge in [-0.25, -0.2) is 4.39 Å².